The highest BCUT2D eigenvalue weighted by Gasteiger charge is 2.20. The molecule has 0 spiro atoms. The molecule has 1 saturated heterocycles. The SMILES string of the molecule is CC1CN(Cc2nc(C(C)(C)C)cs2)CCN1. The Bertz CT molecular complexity index is 367. The quantitative estimate of drug-likeness (QED) is 0.876. The average molecular weight is 253 g/mol. The number of thiazole rings is 1. The van der Waals surface area contributed by atoms with Gasteiger partial charge in [0.2, 0.25) is 0 Å². The van der Waals surface area contributed by atoms with E-state index in [1.54, 1.807) is 11.3 Å². The highest BCUT2D eigenvalue weighted by atomic mass is 32.1. The van der Waals surface area contributed by atoms with Crippen LogP contribution in [-0.2, 0) is 12.0 Å². The van der Waals surface area contributed by atoms with Crippen LogP contribution in [0.4, 0.5) is 0 Å². The van der Waals surface area contributed by atoms with Crippen LogP contribution < -0.4 is 5.32 Å². The normalized spacial score (nSPS) is 22.9. The molecule has 1 aliphatic rings. The lowest BCUT2D eigenvalue weighted by molar-refractivity contribution is 0.199. The molecule has 1 aromatic rings. The van der Waals surface area contributed by atoms with Crippen LogP contribution in [-0.4, -0.2) is 35.6 Å². The van der Waals surface area contributed by atoms with Crippen LogP contribution in [0.2, 0.25) is 0 Å². The van der Waals surface area contributed by atoms with Gasteiger partial charge >= 0.3 is 0 Å². The maximum Gasteiger partial charge on any atom is 0.107 e. The van der Waals surface area contributed by atoms with E-state index in [0.717, 1.165) is 26.2 Å². The monoisotopic (exact) mass is 253 g/mol. The van der Waals surface area contributed by atoms with E-state index in [9.17, 15) is 0 Å². The second kappa shape index (κ2) is 5.04. The van der Waals surface area contributed by atoms with E-state index in [4.69, 9.17) is 4.98 Å². The maximum atomic E-state index is 4.76. The first-order valence-corrected chi connectivity index (χ1v) is 7.24. The van der Waals surface area contributed by atoms with E-state index in [-0.39, 0.29) is 5.41 Å². The summed E-state index contributed by atoms with van der Waals surface area (Å²) in [6, 6.07) is 0.603. The van der Waals surface area contributed by atoms with Crippen molar-refractivity contribution in [1.82, 2.24) is 15.2 Å². The second-order valence-corrected chi connectivity index (χ2v) is 6.91. The van der Waals surface area contributed by atoms with Crippen LogP contribution in [0.25, 0.3) is 0 Å². The zero-order chi connectivity index (χ0) is 12.5. The van der Waals surface area contributed by atoms with Gasteiger partial charge in [0.1, 0.15) is 5.01 Å². The molecule has 1 atom stereocenters. The molecule has 2 rings (SSSR count). The summed E-state index contributed by atoms with van der Waals surface area (Å²) in [4.78, 5) is 7.25. The van der Waals surface area contributed by atoms with Gasteiger partial charge in [0.25, 0.3) is 0 Å². The molecular weight excluding hydrogens is 230 g/mol. The molecule has 3 nitrogen and oxygen atoms in total. The lowest BCUT2D eigenvalue weighted by atomic mass is 9.93. The molecule has 0 saturated carbocycles. The van der Waals surface area contributed by atoms with E-state index in [1.807, 2.05) is 0 Å². The van der Waals surface area contributed by atoms with Crippen molar-refractivity contribution in [3.63, 3.8) is 0 Å². The molecule has 0 amide bonds. The molecule has 0 bridgehead atoms. The minimum Gasteiger partial charge on any atom is -0.312 e. The molecule has 1 unspecified atom stereocenters. The van der Waals surface area contributed by atoms with Gasteiger partial charge in [-0.15, -0.1) is 11.3 Å². The summed E-state index contributed by atoms with van der Waals surface area (Å²) in [6.07, 6.45) is 0. The molecule has 1 aromatic heterocycles. The predicted molar refractivity (Wildman–Crippen MR) is 73.6 cm³/mol. The highest BCUT2D eigenvalue weighted by molar-refractivity contribution is 7.09. The van der Waals surface area contributed by atoms with Gasteiger partial charge < -0.3 is 5.32 Å². The van der Waals surface area contributed by atoms with Gasteiger partial charge in [-0.2, -0.15) is 0 Å². The smallest absolute Gasteiger partial charge is 0.107 e. The third-order valence-electron chi connectivity index (χ3n) is 3.13. The molecule has 4 heteroatoms. The Morgan fingerprint density at radius 2 is 2.29 bits per heavy atom. The predicted octanol–water partition coefficient (Wildman–Crippen LogP) is 2.23. The molecule has 1 aliphatic heterocycles. The summed E-state index contributed by atoms with van der Waals surface area (Å²) in [6.45, 7) is 13.3. The molecule has 0 radical (unpaired) electrons. The minimum atomic E-state index is 0.172. The maximum absolute atomic E-state index is 4.76. The highest BCUT2D eigenvalue weighted by Crippen LogP contribution is 2.24. The first-order chi connectivity index (χ1) is 7.95. The van der Waals surface area contributed by atoms with E-state index >= 15 is 0 Å². The molecule has 1 fully saturated rings. The number of nitrogens with zero attached hydrogens (tertiary/aromatic N) is 2. The molecule has 0 aromatic carbocycles. The summed E-state index contributed by atoms with van der Waals surface area (Å²) < 4.78 is 0. The van der Waals surface area contributed by atoms with Crippen LogP contribution >= 0.6 is 11.3 Å². The van der Waals surface area contributed by atoms with Gasteiger partial charge in [0.15, 0.2) is 0 Å². The van der Waals surface area contributed by atoms with Gasteiger partial charge in [-0.25, -0.2) is 4.98 Å². The Kier molecular flexibility index (Phi) is 3.85. The Morgan fingerprint density at radius 1 is 1.53 bits per heavy atom. The number of rotatable bonds is 2. The van der Waals surface area contributed by atoms with Crippen molar-refractivity contribution in [3.05, 3.63) is 16.1 Å². The van der Waals surface area contributed by atoms with Crippen LogP contribution in [0.1, 0.15) is 38.4 Å². The van der Waals surface area contributed by atoms with Crippen molar-refractivity contribution in [2.24, 2.45) is 0 Å². The van der Waals surface area contributed by atoms with Gasteiger partial charge in [0, 0.05) is 36.5 Å². The van der Waals surface area contributed by atoms with Gasteiger partial charge in [-0.1, -0.05) is 20.8 Å². The lowest BCUT2D eigenvalue weighted by Gasteiger charge is -2.31. The Balaban J connectivity index is 1.97. The first kappa shape index (κ1) is 13.0. The molecule has 1 N–H and O–H groups in total. The third-order valence-corrected chi connectivity index (χ3v) is 3.97. The van der Waals surface area contributed by atoms with Crippen molar-refractivity contribution >= 4 is 11.3 Å². The summed E-state index contributed by atoms with van der Waals surface area (Å²) in [7, 11) is 0. The van der Waals surface area contributed by atoms with E-state index in [2.05, 4.69) is 43.3 Å². The second-order valence-electron chi connectivity index (χ2n) is 5.97. The minimum absolute atomic E-state index is 0.172. The lowest BCUT2D eigenvalue weighted by Crippen LogP contribution is -2.48. The van der Waals surface area contributed by atoms with E-state index in [0.29, 0.717) is 6.04 Å². The van der Waals surface area contributed by atoms with Crippen molar-refractivity contribution in [2.75, 3.05) is 19.6 Å². The zero-order valence-electron chi connectivity index (χ0n) is 11.3. The Hall–Kier alpha value is -0.450. The molecule has 17 heavy (non-hydrogen) atoms. The van der Waals surface area contributed by atoms with Crippen molar-refractivity contribution in [2.45, 2.75) is 45.7 Å². The summed E-state index contributed by atoms with van der Waals surface area (Å²) in [5.74, 6) is 0. The fourth-order valence-electron chi connectivity index (χ4n) is 2.08. The first-order valence-electron chi connectivity index (χ1n) is 6.36. The standard InChI is InChI=1S/C13H23N3S/c1-10-7-16(6-5-14-10)8-12-15-11(9-17-12)13(2,3)4/h9-10,14H,5-8H2,1-4H3. The molecule has 2 heterocycles. The van der Waals surface area contributed by atoms with Crippen molar-refractivity contribution < 1.29 is 0 Å². The Labute approximate surface area is 108 Å². The number of nitrogens with one attached hydrogen (secondary N) is 1. The van der Waals surface area contributed by atoms with Gasteiger partial charge in [-0.3, -0.25) is 4.90 Å². The van der Waals surface area contributed by atoms with E-state index in [1.165, 1.54) is 10.7 Å². The number of hydrogen-bond acceptors (Lipinski definition) is 4. The summed E-state index contributed by atoms with van der Waals surface area (Å²) in [5, 5.41) is 6.93. The molecule has 0 aliphatic carbocycles. The Morgan fingerprint density at radius 3 is 2.88 bits per heavy atom. The third kappa shape index (κ3) is 3.50. The van der Waals surface area contributed by atoms with Gasteiger partial charge in [-0.05, 0) is 6.92 Å². The number of piperazine rings is 1. The van der Waals surface area contributed by atoms with Crippen molar-refractivity contribution in [1.29, 1.82) is 0 Å². The van der Waals surface area contributed by atoms with Gasteiger partial charge in [0.05, 0.1) is 12.2 Å². The number of aromatic nitrogens is 1. The zero-order valence-corrected chi connectivity index (χ0v) is 12.1. The average Bonchev–Trinajstić information content (AvgIpc) is 2.65. The van der Waals surface area contributed by atoms with Crippen LogP contribution in [0.5, 0.6) is 0 Å². The largest absolute Gasteiger partial charge is 0.312 e. The molecular formula is C13H23N3S. The fourth-order valence-corrected chi connectivity index (χ4v) is 3.14. The van der Waals surface area contributed by atoms with Crippen LogP contribution in [0.3, 0.4) is 0 Å². The topological polar surface area (TPSA) is 28.2 Å². The summed E-state index contributed by atoms with van der Waals surface area (Å²) >= 11 is 1.80. The molecule has 96 valence electrons. The van der Waals surface area contributed by atoms with E-state index < -0.39 is 0 Å². The van der Waals surface area contributed by atoms with Crippen LogP contribution in [0, 0.1) is 0 Å². The number of hydrogen-bond donors (Lipinski definition) is 1. The van der Waals surface area contributed by atoms with Crippen LogP contribution in [0.15, 0.2) is 5.38 Å². The summed E-state index contributed by atoms with van der Waals surface area (Å²) in [5.41, 5.74) is 1.39. The fraction of sp³-hybridized carbons (Fsp3) is 0.769. The van der Waals surface area contributed by atoms with Crippen molar-refractivity contribution in [3.8, 4) is 0 Å².